The lowest BCUT2D eigenvalue weighted by atomic mass is 10.3. The molecule has 0 radical (unpaired) electrons. The van der Waals surface area contributed by atoms with Crippen LogP contribution in [0.3, 0.4) is 0 Å². The highest BCUT2D eigenvalue weighted by Gasteiger charge is 2.14. The summed E-state index contributed by atoms with van der Waals surface area (Å²) in [7, 11) is 0. The van der Waals surface area contributed by atoms with Crippen LogP contribution in [-0.2, 0) is 0 Å². The molecule has 2 aromatic rings. The highest BCUT2D eigenvalue weighted by atomic mass is 127. The van der Waals surface area contributed by atoms with Gasteiger partial charge in [0.15, 0.2) is 0 Å². The van der Waals surface area contributed by atoms with Crippen LogP contribution in [0.25, 0.3) is 10.8 Å². The van der Waals surface area contributed by atoms with E-state index in [1.807, 2.05) is 34.9 Å². The van der Waals surface area contributed by atoms with Crippen LogP contribution in [0, 0.1) is 10.8 Å². The van der Waals surface area contributed by atoms with E-state index in [2.05, 4.69) is 10.2 Å². The number of aryl methyl sites for hydroxylation is 1. The first kappa shape index (κ1) is 9.42. The van der Waals surface area contributed by atoms with Gasteiger partial charge in [-0.05, 0) is 17.9 Å². The smallest absolute Gasteiger partial charge is 0.278 e. The van der Waals surface area contributed by atoms with Crippen LogP contribution in [0.2, 0.25) is 5.02 Å². The standard InChI is InChI=1S/C7H4ClIN2OS/c1-3-2-13-5(4(3)8)6-10-11-7(9)12-6/h2H,1H3. The Hall–Kier alpha value is -0.140. The van der Waals surface area contributed by atoms with Crippen molar-refractivity contribution in [1.82, 2.24) is 10.2 Å². The van der Waals surface area contributed by atoms with E-state index in [1.54, 1.807) is 0 Å². The molecule has 0 amide bonds. The molecular formula is C7H4ClIN2OS. The molecule has 2 aromatic heterocycles. The molecule has 0 N–H and O–H groups in total. The Kier molecular flexibility index (Phi) is 2.57. The van der Waals surface area contributed by atoms with Gasteiger partial charge in [-0.2, -0.15) is 0 Å². The lowest BCUT2D eigenvalue weighted by molar-refractivity contribution is 0.538. The Morgan fingerprint density at radius 3 is 2.77 bits per heavy atom. The number of halogens is 2. The normalized spacial score (nSPS) is 10.7. The summed E-state index contributed by atoms with van der Waals surface area (Å²) in [5, 5.41) is 10.3. The highest BCUT2D eigenvalue weighted by Crippen LogP contribution is 2.35. The molecule has 3 nitrogen and oxygen atoms in total. The second-order valence-electron chi connectivity index (χ2n) is 2.42. The molecule has 0 saturated carbocycles. The fraction of sp³-hybridized carbons (Fsp3) is 0.143. The van der Waals surface area contributed by atoms with Gasteiger partial charge >= 0.3 is 0 Å². The maximum absolute atomic E-state index is 6.03. The summed E-state index contributed by atoms with van der Waals surface area (Å²) < 4.78 is 5.78. The van der Waals surface area contributed by atoms with Crippen molar-refractivity contribution in [3.05, 3.63) is 19.9 Å². The van der Waals surface area contributed by atoms with Crippen molar-refractivity contribution in [2.45, 2.75) is 6.92 Å². The maximum Gasteiger partial charge on any atom is 0.278 e. The topological polar surface area (TPSA) is 38.9 Å². The average molecular weight is 327 g/mol. The molecule has 13 heavy (non-hydrogen) atoms. The van der Waals surface area contributed by atoms with Gasteiger partial charge in [-0.3, -0.25) is 0 Å². The first-order chi connectivity index (χ1) is 6.18. The molecule has 0 saturated heterocycles. The van der Waals surface area contributed by atoms with E-state index in [9.17, 15) is 0 Å². The summed E-state index contributed by atoms with van der Waals surface area (Å²) in [5.74, 6) is 0.493. The SMILES string of the molecule is Cc1csc(-c2nnc(I)o2)c1Cl. The van der Waals surface area contributed by atoms with Crippen LogP contribution in [0.4, 0.5) is 0 Å². The summed E-state index contributed by atoms with van der Waals surface area (Å²) in [5.41, 5.74) is 1.04. The number of hydrogen-bond donors (Lipinski definition) is 0. The minimum atomic E-state index is 0.493. The molecule has 0 fully saturated rings. The van der Waals surface area contributed by atoms with Gasteiger partial charge in [0.05, 0.1) is 5.02 Å². The van der Waals surface area contributed by atoms with E-state index in [1.165, 1.54) is 11.3 Å². The van der Waals surface area contributed by atoms with Crippen molar-refractivity contribution in [3.63, 3.8) is 0 Å². The summed E-state index contributed by atoms with van der Waals surface area (Å²) in [6.07, 6.45) is 0. The molecule has 0 bridgehead atoms. The zero-order valence-electron chi connectivity index (χ0n) is 6.54. The Labute approximate surface area is 97.3 Å². The van der Waals surface area contributed by atoms with Crippen LogP contribution >= 0.6 is 45.5 Å². The fourth-order valence-corrected chi connectivity index (χ4v) is 2.38. The number of nitrogens with zero attached hydrogens (tertiary/aromatic N) is 2. The molecule has 0 spiro atoms. The van der Waals surface area contributed by atoms with Gasteiger partial charge in [0.2, 0.25) is 0 Å². The molecule has 0 aromatic carbocycles. The molecule has 0 aliphatic rings. The van der Waals surface area contributed by atoms with Crippen LogP contribution in [0.1, 0.15) is 5.56 Å². The molecule has 2 heterocycles. The van der Waals surface area contributed by atoms with Gasteiger partial charge in [-0.1, -0.05) is 11.6 Å². The Morgan fingerprint density at radius 1 is 1.54 bits per heavy atom. The summed E-state index contributed by atoms with van der Waals surface area (Å²) in [6.45, 7) is 1.95. The van der Waals surface area contributed by atoms with Crippen molar-refractivity contribution < 1.29 is 4.42 Å². The molecule has 68 valence electrons. The third kappa shape index (κ3) is 1.72. The quantitative estimate of drug-likeness (QED) is 0.754. The predicted molar refractivity (Wildman–Crippen MR) is 60.1 cm³/mol. The van der Waals surface area contributed by atoms with E-state index < -0.39 is 0 Å². The number of thiophene rings is 1. The van der Waals surface area contributed by atoms with Crippen molar-refractivity contribution in [3.8, 4) is 10.8 Å². The van der Waals surface area contributed by atoms with Crippen molar-refractivity contribution in [1.29, 1.82) is 0 Å². The summed E-state index contributed by atoms with van der Waals surface area (Å²) >= 11 is 9.51. The molecule has 0 unspecified atom stereocenters. The van der Waals surface area contributed by atoms with E-state index in [0.29, 0.717) is 14.8 Å². The molecule has 2 rings (SSSR count). The van der Waals surface area contributed by atoms with E-state index >= 15 is 0 Å². The van der Waals surface area contributed by atoms with Crippen molar-refractivity contribution in [2.24, 2.45) is 0 Å². The molecular weight excluding hydrogens is 323 g/mol. The lowest BCUT2D eigenvalue weighted by Crippen LogP contribution is -1.73. The molecule has 6 heteroatoms. The second kappa shape index (κ2) is 3.55. The van der Waals surface area contributed by atoms with Gasteiger partial charge < -0.3 is 4.42 Å². The first-order valence-corrected chi connectivity index (χ1v) is 5.75. The Balaban J connectivity index is 2.52. The maximum atomic E-state index is 6.03. The zero-order valence-corrected chi connectivity index (χ0v) is 10.3. The molecule has 0 aliphatic heterocycles. The van der Waals surface area contributed by atoms with E-state index in [4.69, 9.17) is 16.0 Å². The fourth-order valence-electron chi connectivity index (χ4n) is 0.871. The lowest BCUT2D eigenvalue weighted by Gasteiger charge is -1.89. The van der Waals surface area contributed by atoms with Crippen molar-refractivity contribution >= 4 is 45.5 Å². The third-order valence-corrected chi connectivity index (χ3v) is 3.61. The number of aromatic nitrogens is 2. The zero-order chi connectivity index (χ0) is 9.42. The van der Waals surface area contributed by atoms with Crippen LogP contribution < -0.4 is 0 Å². The number of hydrogen-bond acceptors (Lipinski definition) is 4. The third-order valence-electron chi connectivity index (χ3n) is 1.49. The molecule has 0 aliphatic carbocycles. The summed E-state index contributed by atoms with van der Waals surface area (Å²) in [6, 6.07) is 0. The largest absolute Gasteiger partial charge is 0.411 e. The van der Waals surface area contributed by atoms with E-state index in [-0.39, 0.29) is 0 Å². The monoisotopic (exact) mass is 326 g/mol. The predicted octanol–water partition coefficient (Wildman–Crippen LogP) is 3.36. The minimum absolute atomic E-state index is 0.493. The Morgan fingerprint density at radius 2 is 2.31 bits per heavy atom. The average Bonchev–Trinajstić information content (AvgIpc) is 2.62. The van der Waals surface area contributed by atoms with Gasteiger partial charge in [-0.15, -0.1) is 21.5 Å². The second-order valence-corrected chi connectivity index (χ2v) is 4.60. The molecule has 0 atom stereocenters. The van der Waals surface area contributed by atoms with Gasteiger partial charge in [-0.25, -0.2) is 0 Å². The Bertz CT molecular complexity index is 439. The van der Waals surface area contributed by atoms with Crippen LogP contribution in [0.5, 0.6) is 0 Å². The van der Waals surface area contributed by atoms with Crippen LogP contribution in [-0.4, -0.2) is 10.2 Å². The van der Waals surface area contributed by atoms with Crippen molar-refractivity contribution in [2.75, 3.05) is 0 Å². The number of rotatable bonds is 1. The summed E-state index contributed by atoms with van der Waals surface area (Å²) in [4.78, 5) is 0.842. The van der Waals surface area contributed by atoms with E-state index in [0.717, 1.165) is 10.4 Å². The minimum Gasteiger partial charge on any atom is -0.411 e. The van der Waals surface area contributed by atoms with Gasteiger partial charge in [0, 0.05) is 22.6 Å². The highest BCUT2D eigenvalue weighted by molar-refractivity contribution is 14.1. The van der Waals surface area contributed by atoms with Gasteiger partial charge in [0.1, 0.15) is 4.88 Å². The first-order valence-electron chi connectivity index (χ1n) is 3.41. The van der Waals surface area contributed by atoms with Gasteiger partial charge in [0.25, 0.3) is 9.79 Å². The van der Waals surface area contributed by atoms with Crippen LogP contribution in [0.15, 0.2) is 9.80 Å².